The van der Waals surface area contributed by atoms with Crippen LogP contribution in [0, 0.1) is 5.82 Å². The normalized spacial score (nSPS) is 20.3. The van der Waals surface area contributed by atoms with Crippen LogP contribution in [0.4, 0.5) is 35.0 Å². The number of rotatable bonds is 4. The topological polar surface area (TPSA) is 105 Å². The maximum absolute atomic E-state index is 13.5. The summed E-state index contributed by atoms with van der Waals surface area (Å²) in [5.41, 5.74) is 4.32. The molecule has 1 aromatic heterocycles. The van der Waals surface area contributed by atoms with Crippen molar-refractivity contribution in [3.8, 4) is 5.75 Å². The molecule has 146 valence electrons. The van der Waals surface area contributed by atoms with Gasteiger partial charge in [0.1, 0.15) is 18.0 Å². The van der Waals surface area contributed by atoms with E-state index in [-0.39, 0.29) is 18.2 Å². The number of piperidine rings is 1. The monoisotopic (exact) mass is 387 g/mol. The minimum absolute atomic E-state index is 0.0199. The molecule has 5 N–H and O–H groups in total. The second kappa shape index (κ2) is 7.53. The van der Waals surface area contributed by atoms with E-state index in [1.165, 1.54) is 6.07 Å². The van der Waals surface area contributed by atoms with E-state index >= 15 is 0 Å². The minimum Gasteiger partial charge on any atom is -0.487 e. The third-order valence-corrected chi connectivity index (χ3v) is 3.98. The number of aliphatic hydroxyl groups excluding tert-OH is 1. The van der Waals surface area contributed by atoms with Crippen molar-refractivity contribution in [3.63, 3.8) is 0 Å². The first-order chi connectivity index (χ1) is 12.7. The van der Waals surface area contributed by atoms with E-state index in [0.29, 0.717) is 13.0 Å². The zero-order valence-electron chi connectivity index (χ0n) is 13.9. The number of nitrogens with one attached hydrogen (secondary N) is 2. The quantitative estimate of drug-likeness (QED) is 0.595. The van der Waals surface area contributed by atoms with E-state index in [2.05, 4.69) is 20.6 Å². The summed E-state index contributed by atoms with van der Waals surface area (Å²) < 4.78 is 58.9. The highest BCUT2D eigenvalue weighted by molar-refractivity contribution is 5.58. The van der Waals surface area contributed by atoms with Crippen LogP contribution in [-0.2, 0) is 6.18 Å². The Labute approximate surface area is 151 Å². The number of nitrogens with zero attached hydrogens (tertiary/aromatic N) is 2. The van der Waals surface area contributed by atoms with Crippen LogP contribution < -0.4 is 21.1 Å². The number of nitrogen functional groups attached to an aromatic ring is 1. The predicted octanol–water partition coefficient (Wildman–Crippen LogP) is 2.06. The summed E-state index contributed by atoms with van der Waals surface area (Å²) in [6, 6.07) is 3.30. The van der Waals surface area contributed by atoms with Crippen molar-refractivity contribution in [1.29, 1.82) is 0 Å². The Morgan fingerprint density at radius 2 is 2.11 bits per heavy atom. The van der Waals surface area contributed by atoms with Crippen molar-refractivity contribution >= 4 is 17.5 Å². The number of benzene rings is 1. The summed E-state index contributed by atoms with van der Waals surface area (Å²) in [6.45, 7) is 0.779. The van der Waals surface area contributed by atoms with E-state index in [9.17, 15) is 22.7 Å². The summed E-state index contributed by atoms with van der Waals surface area (Å²) >= 11 is 0. The third kappa shape index (κ3) is 4.55. The number of ether oxygens (including phenoxy) is 1. The Kier molecular flexibility index (Phi) is 5.33. The van der Waals surface area contributed by atoms with Gasteiger partial charge in [0.25, 0.3) is 0 Å². The second-order valence-electron chi connectivity index (χ2n) is 5.98. The number of halogens is 4. The number of alkyl halides is 3. The van der Waals surface area contributed by atoms with Crippen LogP contribution in [0.2, 0.25) is 0 Å². The SMILES string of the molecule is Nc1nc(Nc2ccc(OC3CCNCC3O)c(C(F)(F)F)c2)ncc1F. The lowest BCUT2D eigenvalue weighted by Crippen LogP contribution is -2.46. The molecule has 0 aliphatic carbocycles. The Balaban J connectivity index is 1.86. The van der Waals surface area contributed by atoms with Gasteiger partial charge in [0.2, 0.25) is 5.95 Å². The van der Waals surface area contributed by atoms with Gasteiger partial charge in [-0.05, 0) is 31.2 Å². The van der Waals surface area contributed by atoms with Crippen LogP contribution in [0.3, 0.4) is 0 Å². The van der Waals surface area contributed by atoms with Crippen molar-refractivity contribution in [3.05, 3.63) is 35.8 Å². The lowest BCUT2D eigenvalue weighted by atomic mass is 10.1. The highest BCUT2D eigenvalue weighted by Gasteiger charge is 2.36. The van der Waals surface area contributed by atoms with Crippen molar-refractivity contribution in [2.75, 3.05) is 24.1 Å². The molecule has 1 saturated heterocycles. The average Bonchev–Trinajstić information content (AvgIpc) is 2.60. The number of aromatic nitrogens is 2. The molecule has 1 aliphatic heterocycles. The van der Waals surface area contributed by atoms with E-state index in [1.807, 2.05) is 0 Å². The van der Waals surface area contributed by atoms with Gasteiger partial charge in [0.15, 0.2) is 11.6 Å². The van der Waals surface area contributed by atoms with Crippen LogP contribution in [0.15, 0.2) is 24.4 Å². The van der Waals surface area contributed by atoms with Gasteiger partial charge in [-0.15, -0.1) is 0 Å². The van der Waals surface area contributed by atoms with Crippen LogP contribution in [-0.4, -0.2) is 40.4 Å². The number of β-amino-alcohol motifs (C(OH)–C–C–N with tert-alkyl or cyclic N) is 1. The molecule has 1 aliphatic rings. The summed E-state index contributed by atoms with van der Waals surface area (Å²) in [5.74, 6) is -1.80. The standard InChI is InChI=1S/C16H17F4N5O2/c17-10-6-23-15(25-14(10)21)24-8-1-2-12(9(5-8)16(18,19)20)27-13-3-4-22-7-11(13)26/h1-2,5-6,11,13,22,26H,3-4,7H2,(H3,21,23,24,25). The molecule has 2 atom stereocenters. The fourth-order valence-electron chi connectivity index (χ4n) is 2.62. The highest BCUT2D eigenvalue weighted by atomic mass is 19.4. The fraction of sp³-hybridized carbons (Fsp3) is 0.375. The number of aliphatic hydroxyl groups is 1. The molecule has 1 fully saturated rings. The van der Waals surface area contributed by atoms with Crippen molar-refractivity contribution < 1.29 is 27.4 Å². The largest absolute Gasteiger partial charge is 0.487 e. The minimum atomic E-state index is -4.69. The first-order valence-electron chi connectivity index (χ1n) is 8.06. The van der Waals surface area contributed by atoms with E-state index < -0.39 is 41.3 Å². The maximum atomic E-state index is 13.5. The molecular weight excluding hydrogens is 370 g/mol. The molecule has 0 saturated carbocycles. The van der Waals surface area contributed by atoms with Crippen LogP contribution in [0.1, 0.15) is 12.0 Å². The summed E-state index contributed by atoms with van der Waals surface area (Å²) in [5, 5.41) is 15.3. The van der Waals surface area contributed by atoms with Gasteiger partial charge in [-0.2, -0.15) is 18.2 Å². The van der Waals surface area contributed by atoms with Gasteiger partial charge < -0.3 is 26.2 Å². The fourth-order valence-corrected chi connectivity index (χ4v) is 2.62. The van der Waals surface area contributed by atoms with E-state index in [0.717, 1.165) is 18.3 Å². The number of anilines is 3. The van der Waals surface area contributed by atoms with Crippen molar-refractivity contribution in [2.24, 2.45) is 0 Å². The molecule has 7 nitrogen and oxygen atoms in total. The van der Waals surface area contributed by atoms with Gasteiger partial charge >= 0.3 is 6.18 Å². The number of nitrogens with two attached hydrogens (primary N) is 1. The van der Waals surface area contributed by atoms with Gasteiger partial charge in [-0.3, -0.25) is 0 Å². The smallest absolute Gasteiger partial charge is 0.420 e. The molecule has 0 bridgehead atoms. The zero-order valence-corrected chi connectivity index (χ0v) is 13.9. The Morgan fingerprint density at radius 1 is 1.33 bits per heavy atom. The molecule has 3 rings (SSSR count). The molecular formula is C16H17F4N5O2. The van der Waals surface area contributed by atoms with Crippen molar-refractivity contribution in [2.45, 2.75) is 24.8 Å². The van der Waals surface area contributed by atoms with Crippen LogP contribution in [0.25, 0.3) is 0 Å². The molecule has 2 unspecified atom stereocenters. The Bertz CT molecular complexity index is 818. The lowest BCUT2D eigenvalue weighted by molar-refractivity contribution is -0.139. The Hall–Kier alpha value is -2.66. The molecule has 2 heterocycles. The number of hydrogen-bond donors (Lipinski definition) is 4. The summed E-state index contributed by atoms with van der Waals surface area (Å²) in [6.07, 6.45) is -5.15. The van der Waals surface area contributed by atoms with Gasteiger partial charge in [0.05, 0.1) is 11.8 Å². The van der Waals surface area contributed by atoms with Gasteiger partial charge in [-0.1, -0.05) is 0 Å². The maximum Gasteiger partial charge on any atom is 0.420 e. The Morgan fingerprint density at radius 3 is 2.78 bits per heavy atom. The molecule has 0 spiro atoms. The van der Waals surface area contributed by atoms with E-state index in [4.69, 9.17) is 10.5 Å². The zero-order chi connectivity index (χ0) is 19.6. The molecule has 0 amide bonds. The molecule has 11 heteroatoms. The predicted molar refractivity (Wildman–Crippen MR) is 89.0 cm³/mol. The van der Waals surface area contributed by atoms with E-state index in [1.54, 1.807) is 0 Å². The van der Waals surface area contributed by atoms with Gasteiger partial charge in [0, 0.05) is 12.2 Å². The average molecular weight is 387 g/mol. The van der Waals surface area contributed by atoms with Crippen LogP contribution >= 0.6 is 0 Å². The van der Waals surface area contributed by atoms with Crippen LogP contribution in [0.5, 0.6) is 5.75 Å². The first kappa shape index (κ1) is 19.1. The lowest BCUT2D eigenvalue weighted by Gasteiger charge is -2.30. The first-order valence-corrected chi connectivity index (χ1v) is 8.06. The summed E-state index contributed by atoms with van der Waals surface area (Å²) in [4.78, 5) is 7.24. The third-order valence-electron chi connectivity index (χ3n) is 3.98. The number of hydrogen-bond acceptors (Lipinski definition) is 7. The molecule has 1 aromatic carbocycles. The summed E-state index contributed by atoms with van der Waals surface area (Å²) in [7, 11) is 0. The van der Waals surface area contributed by atoms with Crippen molar-refractivity contribution in [1.82, 2.24) is 15.3 Å². The van der Waals surface area contributed by atoms with Gasteiger partial charge in [-0.25, -0.2) is 9.37 Å². The highest BCUT2D eigenvalue weighted by Crippen LogP contribution is 2.39. The molecule has 0 radical (unpaired) electrons. The molecule has 2 aromatic rings. The second-order valence-corrected chi connectivity index (χ2v) is 5.98. The molecule has 27 heavy (non-hydrogen) atoms.